The second-order valence-electron chi connectivity index (χ2n) is 8.65. The number of benzene rings is 1. The van der Waals surface area contributed by atoms with Crippen LogP contribution in [0.25, 0.3) is 11.0 Å². The Labute approximate surface area is 160 Å². The molecule has 2 saturated heterocycles. The molecular weight excluding hydrogens is 340 g/mol. The molecule has 0 amide bonds. The lowest BCUT2D eigenvalue weighted by atomic mass is 9.69. The smallest absolute Gasteiger partial charge is 0.336 e. The summed E-state index contributed by atoms with van der Waals surface area (Å²) < 4.78 is 5.50. The van der Waals surface area contributed by atoms with Crippen LogP contribution in [-0.2, 0) is 6.54 Å². The molecule has 2 fully saturated rings. The standard InChI is InChI=1S/C22H30N2O3/c1-15-9-16(2)21-18(10-15)17(11-20(26)27-21)12-24-8-6-22(14-25)5-4-7-23(3)19(22)13-24/h9-11,19,25H,4-8,12-14H2,1-3H3/t19-,22-/m1/s1. The van der Waals surface area contributed by atoms with Gasteiger partial charge in [-0.2, -0.15) is 0 Å². The molecule has 0 radical (unpaired) electrons. The van der Waals surface area contributed by atoms with Crippen molar-refractivity contribution < 1.29 is 9.52 Å². The van der Waals surface area contributed by atoms with Crippen LogP contribution in [-0.4, -0.2) is 54.2 Å². The number of aliphatic hydroxyl groups excluding tert-OH is 1. The second kappa shape index (κ2) is 7.04. The van der Waals surface area contributed by atoms with Gasteiger partial charge in [0.15, 0.2) is 0 Å². The average Bonchev–Trinajstić information content (AvgIpc) is 2.63. The van der Waals surface area contributed by atoms with Crippen LogP contribution in [0.1, 0.15) is 36.0 Å². The van der Waals surface area contributed by atoms with Gasteiger partial charge in [0.1, 0.15) is 5.58 Å². The van der Waals surface area contributed by atoms with Crippen molar-refractivity contribution in [2.45, 2.75) is 45.7 Å². The maximum absolute atomic E-state index is 12.1. The van der Waals surface area contributed by atoms with Crippen molar-refractivity contribution in [1.82, 2.24) is 9.80 Å². The molecule has 1 aromatic carbocycles. The van der Waals surface area contributed by atoms with Crippen molar-refractivity contribution in [1.29, 1.82) is 0 Å². The first-order valence-electron chi connectivity index (χ1n) is 9.99. The Kier molecular flexibility index (Phi) is 4.87. The first-order valence-corrected chi connectivity index (χ1v) is 9.99. The maximum atomic E-state index is 12.1. The SMILES string of the molecule is Cc1cc(C)c2oc(=O)cc(CN3CC[C@@]4(CO)CCCN(C)[C@@H]4C3)c2c1. The van der Waals surface area contributed by atoms with Gasteiger partial charge in [-0.15, -0.1) is 0 Å². The van der Waals surface area contributed by atoms with E-state index in [4.69, 9.17) is 4.42 Å². The predicted molar refractivity (Wildman–Crippen MR) is 107 cm³/mol. The van der Waals surface area contributed by atoms with E-state index >= 15 is 0 Å². The van der Waals surface area contributed by atoms with E-state index in [1.54, 1.807) is 6.07 Å². The molecule has 27 heavy (non-hydrogen) atoms. The lowest BCUT2D eigenvalue weighted by Crippen LogP contribution is -2.61. The van der Waals surface area contributed by atoms with Crippen LogP contribution >= 0.6 is 0 Å². The first kappa shape index (κ1) is 18.7. The third-order valence-corrected chi connectivity index (χ3v) is 6.75. The van der Waals surface area contributed by atoms with Crippen molar-refractivity contribution in [2.24, 2.45) is 5.41 Å². The van der Waals surface area contributed by atoms with Crippen molar-refractivity contribution in [3.63, 3.8) is 0 Å². The highest BCUT2D eigenvalue weighted by atomic mass is 16.4. The van der Waals surface area contributed by atoms with Crippen LogP contribution in [0, 0.1) is 19.3 Å². The summed E-state index contributed by atoms with van der Waals surface area (Å²) >= 11 is 0. The lowest BCUT2D eigenvalue weighted by molar-refractivity contribution is -0.0684. The molecule has 1 aromatic heterocycles. The molecule has 0 spiro atoms. The zero-order valence-electron chi connectivity index (χ0n) is 16.6. The van der Waals surface area contributed by atoms with Crippen molar-refractivity contribution in [3.05, 3.63) is 45.3 Å². The van der Waals surface area contributed by atoms with Gasteiger partial charge in [-0.25, -0.2) is 4.79 Å². The summed E-state index contributed by atoms with van der Waals surface area (Å²) in [6.07, 6.45) is 3.29. The monoisotopic (exact) mass is 370 g/mol. The van der Waals surface area contributed by atoms with Crippen LogP contribution < -0.4 is 5.63 Å². The first-order chi connectivity index (χ1) is 12.9. The van der Waals surface area contributed by atoms with Crippen LogP contribution in [0.15, 0.2) is 27.4 Å². The zero-order valence-corrected chi connectivity index (χ0v) is 16.6. The lowest BCUT2D eigenvalue weighted by Gasteiger charge is -2.53. The van der Waals surface area contributed by atoms with Crippen LogP contribution in [0.4, 0.5) is 0 Å². The molecule has 0 saturated carbocycles. The van der Waals surface area contributed by atoms with E-state index in [1.165, 1.54) is 5.56 Å². The number of nitrogens with zero attached hydrogens (tertiary/aromatic N) is 2. The fraction of sp³-hybridized carbons (Fsp3) is 0.591. The summed E-state index contributed by atoms with van der Waals surface area (Å²) in [5.74, 6) is 0. The Morgan fingerprint density at radius 1 is 1.22 bits per heavy atom. The van der Waals surface area contributed by atoms with Crippen LogP contribution in [0.3, 0.4) is 0 Å². The van der Waals surface area contributed by atoms with Gasteiger partial charge in [0, 0.05) is 36.0 Å². The molecule has 0 unspecified atom stereocenters. The Morgan fingerprint density at radius 3 is 2.81 bits per heavy atom. The summed E-state index contributed by atoms with van der Waals surface area (Å²) in [6, 6.07) is 6.21. The van der Waals surface area contributed by atoms with Gasteiger partial charge in [-0.05, 0) is 76.0 Å². The van der Waals surface area contributed by atoms with Crippen LogP contribution in [0.2, 0.25) is 0 Å². The number of piperidine rings is 2. The number of aryl methyl sites for hydroxylation is 2. The largest absolute Gasteiger partial charge is 0.422 e. The highest BCUT2D eigenvalue weighted by Gasteiger charge is 2.46. The fourth-order valence-corrected chi connectivity index (χ4v) is 5.27. The van der Waals surface area contributed by atoms with E-state index in [0.717, 1.165) is 62.0 Å². The molecule has 5 heteroatoms. The average molecular weight is 370 g/mol. The summed E-state index contributed by atoms with van der Waals surface area (Å²) in [6.45, 7) is 8.07. The predicted octanol–water partition coefficient (Wildman–Crippen LogP) is 2.69. The Balaban J connectivity index is 1.64. The number of rotatable bonds is 3. The minimum absolute atomic E-state index is 0.0362. The van der Waals surface area contributed by atoms with E-state index in [2.05, 4.69) is 35.9 Å². The molecule has 3 heterocycles. The molecule has 0 bridgehead atoms. The third-order valence-electron chi connectivity index (χ3n) is 6.75. The Morgan fingerprint density at radius 2 is 2.04 bits per heavy atom. The number of fused-ring (bicyclic) bond motifs is 2. The molecule has 2 aromatic rings. The molecule has 5 nitrogen and oxygen atoms in total. The summed E-state index contributed by atoms with van der Waals surface area (Å²) in [5, 5.41) is 11.2. The molecule has 1 N–H and O–H groups in total. The van der Waals surface area contributed by atoms with Gasteiger partial charge < -0.3 is 14.4 Å². The number of hydrogen-bond donors (Lipinski definition) is 1. The van der Waals surface area contributed by atoms with Crippen molar-refractivity contribution in [3.8, 4) is 0 Å². The van der Waals surface area contributed by atoms with E-state index in [1.807, 2.05) is 6.92 Å². The molecule has 2 aliphatic rings. The molecule has 146 valence electrons. The Bertz CT molecular complexity index is 906. The summed E-state index contributed by atoms with van der Waals surface area (Å²) in [4.78, 5) is 17.0. The van der Waals surface area contributed by atoms with Gasteiger partial charge in [0.05, 0.1) is 6.61 Å². The fourth-order valence-electron chi connectivity index (χ4n) is 5.27. The van der Waals surface area contributed by atoms with Gasteiger partial charge in [0.25, 0.3) is 0 Å². The third kappa shape index (κ3) is 3.33. The van der Waals surface area contributed by atoms with Crippen LogP contribution in [0.5, 0.6) is 0 Å². The number of aliphatic hydroxyl groups is 1. The maximum Gasteiger partial charge on any atom is 0.336 e. The van der Waals surface area contributed by atoms with Gasteiger partial charge >= 0.3 is 5.63 Å². The van der Waals surface area contributed by atoms with E-state index in [9.17, 15) is 9.90 Å². The molecule has 2 aliphatic heterocycles. The highest BCUT2D eigenvalue weighted by molar-refractivity contribution is 5.83. The van der Waals surface area contributed by atoms with Gasteiger partial charge in [-0.3, -0.25) is 4.90 Å². The quantitative estimate of drug-likeness (QED) is 0.842. The zero-order chi connectivity index (χ0) is 19.2. The number of hydrogen-bond acceptors (Lipinski definition) is 5. The second-order valence-corrected chi connectivity index (χ2v) is 8.65. The Hall–Kier alpha value is -1.69. The number of likely N-dealkylation sites (tertiary alicyclic amines) is 2. The molecular formula is C22H30N2O3. The van der Waals surface area contributed by atoms with E-state index < -0.39 is 0 Å². The topological polar surface area (TPSA) is 56.9 Å². The van der Waals surface area contributed by atoms with Crippen molar-refractivity contribution >= 4 is 11.0 Å². The van der Waals surface area contributed by atoms with E-state index in [0.29, 0.717) is 11.6 Å². The van der Waals surface area contributed by atoms with Crippen molar-refractivity contribution in [2.75, 3.05) is 33.3 Å². The summed E-state index contributed by atoms with van der Waals surface area (Å²) in [7, 11) is 2.18. The minimum Gasteiger partial charge on any atom is -0.422 e. The molecule has 0 aliphatic carbocycles. The van der Waals surface area contributed by atoms with E-state index in [-0.39, 0.29) is 17.6 Å². The normalized spacial score (nSPS) is 27.0. The minimum atomic E-state index is -0.277. The molecule has 2 atom stereocenters. The van der Waals surface area contributed by atoms with Gasteiger partial charge in [0.2, 0.25) is 0 Å². The number of likely N-dealkylation sites (N-methyl/N-ethyl adjacent to an activating group) is 1. The summed E-state index contributed by atoms with van der Waals surface area (Å²) in [5.41, 5.74) is 3.70. The highest BCUT2D eigenvalue weighted by Crippen LogP contribution is 2.41. The molecule has 4 rings (SSSR count). The van der Waals surface area contributed by atoms with Gasteiger partial charge in [-0.1, -0.05) is 6.07 Å².